The van der Waals surface area contributed by atoms with Crippen LogP contribution in [-0.4, -0.2) is 30.1 Å². The molecular formula is C26H21N3O3. The van der Waals surface area contributed by atoms with Crippen LogP contribution in [0.1, 0.15) is 16.7 Å². The zero-order chi connectivity index (χ0) is 21.9. The van der Waals surface area contributed by atoms with E-state index in [2.05, 4.69) is 15.3 Å². The van der Waals surface area contributed by atoms with Gasteiger partial charge < -0.3 is 24.8 Å². The second-order valence-corrected chi connectivity index (χ2v) is 7.98. The van der Waals surface area contributed by atoms with E-state index < -0.39 is 5.41 Å². The van der Waals surface area contributed by atoms with E-state index in [1.807, 2.05) is 73.1 Å². The van der Waals surface area contributed by atoms with Gasteiger partial charge >= 0.3 is 0 Å². The van der Waals surface area contributed by atoms with Crippen LogP contribution < -0.4 is 14.8 Å². The van der Waals surface area contributed by atoms with Crippen molar-refractivity contribution in [3.8, 4) is 11.5 Å². The molecule has 0 saturated carbocycles. The molecule has 0 radical (unpaired) electrons. The number of anilines is 1. The third-order valence-corrected chi connectivity index (χ3v) is 6.51. The lowest BCUT2D eigenvalue weighted by molar-refractivity contribution is -0.118. The average Bonchev–Trinajstić information content (AvgIpc) is 3.51. The lowest BCUT2D eigenvalue weighted by Crippen LogP contribution is -2.36. The Kier molecular flexibility index (Phi) is 3.86. The molecule has 0 spiro atoms. The first-order valence-electron chi connectivity index (χ1n) is 10.4. The third-order valence-electron chi connectivity index (χ3n) is 6.51. The minimum Gasteiger partial charge on any atom is -0.497 e. The highest BCUT2D eigenvalue weighted by atomic mass is 16.5. The van der Waals surface area contributed by atoms with Crippen molar-refractivity contribution in [1.82, 2.24) is 9.97 Å². The first-order valence-corrected chi connectivity index (χ1v) is 10.4. The molecule has 32 heavy (non-hydrogen) atoms. The minimum atomic E-state index is -1.02. The summed E-state index contributed by atoms with van der Waals surface area (Å²) in [5.74, 6) is 1.44. The van der Waals surface area contributed by atoms with E-state index in [1.54, 1.807) is 14.2 Å². The highest BCUT2D eigenvalue weighted by Crippen LogP contribution is 2.51. The summed E-state index contributed by atoms with van der Waals surface area (Å²) in [7, 11) is 3.29. The number of methoxy groups -OCH3 is 2. The Hall–Kier alpha value is -4.19. The number of ether oxygens (including phenoxy) is 2. The summed E-state index contributed by atoms with van der Waals surface area (Å²) in [4.78, 5) is 20.6. The van der Waals surface area contributed by atoms with E-state index in [1.165, 1.54) is 0 Å². The van der Waals surface area contributed by atoms with Crippen molar-refractivity contribution in [2.75, 3.05) is 19.5 Å². The van der Waals surface area contributed by atoms with Gasteiger partial charge in [0.15, 0.2) is 0 Å². The van der Waals surface area contributed by atoms with Crippen LogP contribution in [0.5, 0.6) is 11.5 Å². The molecule has 3 heterocycles. The Labute approximate surface area is 184 Å². The number of aromatic nitrogens is 2. The lowest BCUT2D eigenvalue weighted by Gasteiger charge is -2.27. The minimum absolute atomic E-state index is 0.0767. The number of nitrogens with one attached hydrogen (secondary N) is 3. The predicted octanol–water partition coefficient (Wildman–Crippen LogP) is 4.95. The van der Waals surface area contributed by atoms with E-state index >= 15 is 0 Å². The molecule has 6 nitrogen and oxygen atoms in total. The van der Waals surface area contributed by atoms with Gasteiger partial charge in [-0.3, -0.25) is 4.79 Å². The molecule has 0 saturated heterocycles. The van der Waals surface area contributed by atoms with Crippen LogP contribution in [0.4, 0.5) is 5.69 Å². The summed E-state index contributed by atoms with van der Waals surface area (Å²) in [5.41, 5.74) is 4.36. The number of hydrogen-bond donors (Lipinski definition) is 3. The van der Waals surface area contributed by atoms with Crippen molar-refractivity contribution in [3.63, 3.8) is 0 Å². The van der Waals surface area contributed by atoms with E-state index in [4.69, 9.17) is 9.47 Å². The number of amides is 1. The number of aromatic amines is 2. The van der Waals surface area contributed by atoms with Gasteiger partial charge in [-0.2, -0.15) is 0 Å². The van der Waals surface area contributed by atoms with Crippen LogP contribution in [0, 0.1) is 0 Å². The van der Waals surface area contributed by atoms with Crippen molar-refractivity contribution in [3.05, 3.63) is 89.7 Å². The molecular weight excluding hydrogens is 402 g/mol. The Bertz CT molecular complexity index is 1430. The fourth-order valence-corrected chi connectivity index (χ4v) is 5.02. The van der Waals surface area contributed by atoms with Crippen molar-refractivity contribution in [1.29, 1.82) is 0 Å². The van der Waals surface area contributed by atoms with Gasteiger partial charge in [0, 0.05) is 68.7 Å². The average molecular weight is 423 g/mol. The largest absolute Gasteiger partial charge is 0.497 e. The molecule has 5 aromatic rings. The first-order chi connectivity index (χ1) is 15.7. The standard InChI is InChI=1S/C26H21N3O3/c1-31-15-7-9-17-20(13-27-23(17)11-15)26(19-5-3-4-6-22(19)29-25(26)30)21-14-28-24-12-16(32-2)8-10-18(21)24/h3-14,27-28H,1-2H3,(H,29,30). The molecule has 3 aromatic carbocycles. The van der Waals surface area contributed by atoms with E-state index in [0.29, 0.717) is 0 Å². The lowest BCUT2D eigenvalue weighted by atomic mass is 9.70. The van der Waals surface area contributed by atoms with Crippen molar-refractivity contribution in [2.24, 2.45) is 0 Å². The van der Waals surface area contributed by atoms with E-state index in [9.17, 15) is 4.79 Å². The number of fused-ring (bicyclic) bond motifs is 3. The Balaban J connectivity index is 1.72. The summed E-state index contributed by atoms with van der Waals surface area (Å²) in [6.45, 7) is 0. The molecule has 1 amide bonds. The molecule has 1 aliphatic heterocycles. The Morgan fingerprint density at radius 3 is 1.84 bits per heavy atom. The second kappa shape index (κ2) is 6.65. The zero-order valence-corrected chi connectivity index (χ0v) is 17.7. The smallest absolute Gasteiger partial charge is 0.244 e. The molecule has 0 unspecified atom stereocenters. The van der Waals surface area contributed by atoms with E-state index in [-0.39, 0.29) is 5.91 Å². The van der Waals surface area contributed by atoms with Crippen LogP contribution in [0.2, 0.25) is 0 Å². The van der Waals surface area contributed by atoms with E-state index in [0.717, 1.165) is 55.7 Å². The third kappa shape index (κ3) is 2.32. The number of benzene rings is 3. The SMILES string of the molecule is COc1ccc2c(C3(c4c[nH]c5cc(OC)ccc45)C(=O)Nc4ccccc43)c[nH]c2c1. The van der Waals surface area contributed by atoms with Gasteiger partial charge in [-0.05, 0) is 30.3 Å². The summed E-state index contributed by atoms with van der Waals surface area (Å²) in [6.07, 6.45) is 3.88. The number of H-pyrrole nitrogens is 2. The highest BCUT2D eigenvalue weighted by molar-refractivity contribution is 6.15. The van der Waals surface area contributed by atoms with Gasteiger partial charge in [-0.15, -0.1) is 0 Å². The van der Waals surface area contributed by atoms with Crippen molar-refractivity contribution >= 4 is 33.4 Å². The van der Waals surface area contributed by atoms with Crippen LogP contribution in [-0.2, 0) is 10.2 Å². The quantitative estimate of drug-likeness (QED) is 0.383. The molecule has 158 valence electrons. The number of carbonyl (C=O) groups is 1. The molecule has 0 aliphatic carbocycles. The van der Waals surface area contributed by atoms with Gasteiger partial charge in [-0.25, -0.2) is 0 Å². The highest BCUT2D eigenvalue weighted by Gasteiger charge is 2.52. The first kappa shape index (κ1) is 18.6. The molecule has 0 bridgehead atoms. The fourth-order valence-electron chi connectivity index (χ4n) is 5.02. The zero-order valence-electron chi connectivity index (χ0n) is 17.7. The maximum absolute atomic E-state index is 13.9. The predicted molar refractivity (Wildman–Crippen MR) is 125 cm³/mol. The van der Waals surface area contributed by atoms with Gasteiger partial charge in [0.25, 0.3) is 0 Å². The van der Waals surface area contributed by atoms with Crippen molar-refractivity contribution in [2.45, 2.75) is 5.41 Å². The molecule has 3 N–H and O–H groups in total. The van der Waals surface area contributed by atoms with Crippen molar-refractivity contribution < 1.29 is 14.3 Å². The summed E-state index contributed by atoms with van der Waals surface area (Å²) >= 11 is 0. The molecule has 6 rings (SSSR count). The monoisotopic (exact) mass is 423 g/mol. The number of carbonyl (C=O) groups excluding carboxylic acids is 1. The maximum Gasteiger partial charge on any atom is 0.244 e. The molecule has 1 aliphatic rings. The molecule has 0 fully saturated rings. The summed E-state index contributed by atoms with van der Waals surface area (Å²) < 4.78 is 10.8. The van der Waals surface area contributed by atoms with Crippen LogP contribution >= 0.6 is 0 Å². The van der Waals surface area contributed by atoms with Gasteiger partial charge in [0.2, 0.25) is 5.91 Å². The Morgan fingerprint density at radius 2 is 1.28 bits per heavy atom. The summed E-state index contributed by atoms with van der Waals surface area (Å²) in [5, 5.41) is 5.07. The van der Waals surface area contributed by atoms with Gasteiger partial charge in [-0.1, -0.05) is 18.2 Å². The van der Waals surface area contributed by atoms with Crippen LogP contribution in [0.15, 0.2) is 73.1 Å². The fraction of sp³-hybridized carbons (Fsp3) is 0.115. The number of para-hydroxylation sites is 1. The Morgan fingerprint density at radius 1 is 0.719 bits per heavy atom. The normalized spacial score (nSPS) is 14.5. The van der Waals surface area contributed by atoms with Gasteiger partial charge in [0.05, 0.1) is 14.2 Å². The maximum atomic E-state index is 13.9. The second-order valence-electron chi connectivity index (χ2n) is 7.98. The summed E-state index contributed by atoms with van der Waals surface area (Å²) in [6, 6.07) is 19.7. The number of rotatable bonds is 4. The topological polar surface area (TPSA) is 79.1 Å². The molecule has 6 heteroatoms. The van der Waals surface area contributed by atoms with Crippen LogP contribution in [0.25, 0.3) is 21.8 Å². The molecule has 2 aromatic heterocycles. The van der Waals surface area contributed by atoms with Gasteiger partial charge in [0.1, 0.15) is 16.9 Å². The van der Waals surface area contributed by atoms with Crippen LogP contribution in [0.3, 0.4) is 0 Å². The molecule has 0 atom stereocenters. The number of hydrogen-bond acceptors (Lipinski definition) is 3.